The summed E-state index contributed by atoms with van der Waals surface area (Å²) in [6.07, 6.45) is 3.89. The summed E-state index contributed by atoms with van der Waals surface area (Å²) < 4.78 is 30.6. The van der Waals surface area contributed by atoms with Crippen LogP contribution in [0.3, 0.4) is 0 Å². The molecule has 0 bridgehead atoms. The molecule has 128 valence electrons. The van der Waals surface area contributed by atoms with Crippen LogP contribution >= 0.6 is 7.60 Å². The van der Waals surface area contributed by atoms with Crippen LogP contribution in [0.25, 0.3) is 0 Å². The van der Waals surface area contributed by atoms with Crippen LogP contribution in [-0.2, 0) is 17.7 Å². The molecule has 0 aromatic rings. The highest BCUT2D eigenvalue weighted by Crippen LogP contribution is 2.50. The van der Waals surface area contributed by atoms with Gasteiger partial charge in [-0.3, -0.25) is 4.57 Å². The summed E-state index contributed by atoms with van der Waals surface area (Å²) in [6.45, 7) is 16.0. The van der Waals surface area contributed by atoms with Crippen LogP contribution in [0.4, 0.5) is 0 Å². The number of unbranched alkanes of at least 4 members (excludes halogenated alkanes) is 2. The SMILES string of the molecule is CCCCOP(=O)(C[Si](C)(C)O[Si](C)(C)C)OCCCC. The highest BCUT2D eigenvalue weighted by molar-refractivity contribution is 7.56. The van der Waals surface area contributed by atoms with E-state index in [1.54, 1.807) is 0 Å². The molecule has 0 fully saturated rings. The van der Waals surface area contributed by atoms with Gasteiger partial charge in [0.2, 0.25) is 0 Å². The molecule has 0 aliphatic rings. The molecule has 0 spiro atoms. The van der Waals surface area contributed by atoms with Crippen molar-refractivity contribution in [2.45, 2.75) is 72.3 Å². The number of hydrogen-bond acceptors (Lipinski definition) is 4. The van der Waals surface area contributed by atoms with E-state index in [0.29, 0.717) is 19.0 Å². The monoisotopic (exact) mass is 354 g/mol. The van der Waals surface area contributed by atoms with Gasteiger partial charge < -0.3 is 13.2 Å². The van der Waals surface area contributed by atoms with Crippen molar-refractivity contribution in [2.75, 3.05) is 19.0 Å². The van der Waals surface area contributed by atoms with Crippen molar-refractivity contribution in [3.63, 3.8) is 0 Å². The topological polar surface area (TPSA) is 44.8 Å². The van der Waals surface area contributed by atoms with Gasteiger partial charge in [0.1, 0.15) is 0 Å². The van der Waals surface area contributed by atoms with Crippen LogP contribution in [-0.4, -0.2) is 35.6 Å². The lowest BCUT2D eigenvalue weighted by Crippen LogP contribution is -2.45. The fraction of sp³-hybridized carbons (Fsp3) is 1.00. The Morgan fingerprint density at radius 1 is 0.857 bits per heavy atom. The molecule has 0 saturated carbocycles. The zero-order valence-corrected chi connectivity index (χ0v) is 17.9. The van der Waals surface area contributed by atoms with Crippen molar-refractivity contribution < 1.29 is 17.7 Å². The van der Waals surface area contributed by atoms with Gasteiger partial charge >= 0.3 is 7.60 Å². The van der Waals surface area contributed by atoms with Crippen molar-refractivity contribution in [3.8, 4) is 0 Å². The third-order valence-corrected chi connectivity index (χ3v) is 13.1. The second-order valence-corrected chi connectivity index (χ2v) is 18.7. The summed E-state index contributed by atoms with van der Waals surface area (Å²) in [5.41, 5.74) is 0. The summed E-state index contributed by atoms with van der Waals surface area (Å²) in [5, 5.41) is 0. The standard InChI is InChI=1S/C14H35O4PSi2/c1-8-10-12-16-19(15,17-13-11-9-2)14-21(6,7)18-20(3,4)5/h8-14H2,1-7H3. The Labute approximate surface area is 133 Å². The molecule has 0 saturated heterocycles. The van der Waals surface area contributed by atoms with Gasteiger partial charge in [-0.05, 0) is 45.6 Å². The minimum atomic E-state index is -3.03. The van der Waals surface area contributed by atoms with E-state index >= 15 is 0 Å². The predicted octanol–water partition coefficient (Wildman–Crippen LogP) is 5.41. The number of rotatable bonds is 12. The minimum Gasteiger partial charge on any atom is -0.455 e. The smallest absolute Gasteiger partial charge is 0.330 e. The Kier molecular flexibility index (Phi) is 9.88. The molecule has 4 nitrogen and oxygen atoms in total. The molecule has 0 rings (SSSR count). The Balaban J connectivity index is 4.73. The Bertz CT molecular complexity index is 315. The zero-order valence-electron chi connectivity index (χ0n) is 15.0. The van der Waals surface area contributed by atoms with E-state index in [1.807, 2.05) is 0 Å². The average Bonchev–Trinajstić information content (AvgIpc) is 2.25. The highest BCUT2D eigenvalue weighted by atomic mass is 31.2. The lowest BCUT2D eigenvalue weighted by Gasteiger charge is -2.33. The minimum absolute atomic E-state index is 0.456. The Hall–Kier alpha value is 0.544. The van der Waals surface area contributed by atoms with Crippen molar-refractivity contribution in [1.82, 2.24) is 0 Å². The molecule has 21 heavy (non-hydrogen) atoms. The van der Waals surface area contributed by atoms with Crippen LogP contribution in [0.15, 0.2) is 0 Å². The molecular weight excluding hydrogens is 319 g/mol. The van der Waals surface area contributed by atoms with Crippen molar-refractivity contribution in [2.24, 2.45) is 0 Å². The lowest BCUT2D eigenvalue weighted by molar-refractivity contribution is 0.202. The van der Waals surface area contributed by atoms with Gasteiger partial charge in [-0.15, -0.1) is 0 Å². The molecule has 0 unspecified atom stereocenters. The quantitative estimate of drug-likeness (QED) is 0.267. The molecule has 0 heterocycles. The van der Waals surface area contributed by atoms with Crippen molar-refractivity contribution >= 4 is 24.2 Å². The van der Waals surface area contributed by atoms with Gasteiger partial charge in [-0.2, -0.15) is 0 Å². The molecule has 0 aromatic heterocycles. The summed E-state index contributed by atoms with van der Waals surface area (Å²) >= 11 is 0. The van der Waals surface area contributed by atoms with Crippen LogP contribution < -0.4 is 0 Å². The first-order chi connectivity index (χ1) is 9.54. The maximum atomic E-state index is 13.0. The first-order valence-corrected chi connectivity index (χ1v) is 16.4. The largest absolute Gasteiger partial charge is 0.455 e. The molecule has 0 N–H and O–H groups in total. The molecule has 0 radical (unpaired) electrons. The Morgan fingerprint density at radius 3 is 1.62 bits per heavy atom. The molecule has 0 aliphatic carbocycles. The molecule has 0 aliphatic heterocycles. The van der Waals surface area contributed by atoms with Gasteiger partial charge in [0.05, 0.1) is 19.0 Å². The maximum absolute atomic E-state index is 13.0. The normalized spacial score (nSPS) is 13.7. The first-order valence-electron chi connectivity index (χ1n) is 8.12. The second-order valence-electron chi connectivity index (χ2n) is 7.12. The first kappa shape index (κ1) is 21.5. The summed E-state index contributed by atoms with van der Waals surface area (Å²) in [7, 11) is -6.71. The zero-order chi connectivity index (χ0) is 16.6. The van der Waals surface area contributed by atoms with Gasteiger partial charge in [-0.25, -0.2) is 0 Å². The van der Waals surface area contributed by atoms with Crippen LogP contribution in [0, 0.1) is 0 Å². The van der Waals surface area contributed by atoms with E-state index in [-0.39, 0.29) is 0 Å². The fourth-order valence-corrected chi connectivity index (χ4v) is 15.0. The van der Waals surface area contributed by atoms with E-state index in [0.717, 1.165) is 25.7 Å². The summed E-state index contributed by atoms with van der Waals surface area (Å²) in [6, 6.07) is 0. The van der Waals surface area contributed by atoms with Gasteiger partial charge in [-0.1, -0.05) is 26.7 Å². The van der Waals surface area contributed by atoms with Crippen LogP contribution in [0.5, 0.6) is 0 Å². The lowest BCUT2D eigenvalue weighted by atomic mass is 10.4. The van der Waals surface area contributed by atoms with Gasteiger partial charge in [0.25, 0.3) is 0 Å². The predicted molar refractivity (Wildman–Crippen MR) is 96.1 cm³/mol. The summed E-state index contributed by atoms with van der Waals surface area (Å²) in [4.78, 5) is 0. The molecule has 0 amide bonds. The van der Waals surface area contributed by atoms with E-state index < -0.39 is 24.2 Å². The van der Waals surface area contributed by atoms with Gasteiger partial charge in [0.15, 0.2) is 16.6 Å². The third-order valence-electron chi connectivity index (χ3n) is 2.73. The second kappa shape index (κ2) is 9.63. The molecule has 7 heteroatoms. The van der Waals surface area contributed by atoms with Gasteiger partial charge in [0, 0.05) is 0 Å². The molecule has 0 atom stereocenters. The maximum Gasteiger partial charge on any atom is 0.330 e. The van der Waals surface area contributed by atoms with Crippen molar-refractivity contribution in [3.05, 3.63) is 0 Å². The van der Waals surface area contributed by atoms with E-state index in [1.165, 1.54) is 0 Å². The summed E-state index contributed by atoms with van der Waals surface area (Å²) in [5.74, 6) is 0.456. The van der Waals surface area contributed by atoms with Crippen LogP contribution in [0.1, 0.15) is 39.5 Å². The van der Waals surface area contributed by atoms with E-state index in [4.69, 9.17) is 13.2 Å². The Morgan fingerprint density at radius 2 is 1.29 bits per heavy atom. The number of hydrogen-bond donors (Lipinski definition) is 0. The fourth-order valence-electron chi connectivity index (χ4n) is 2.15. The molecular formula is C14H35O4PSi2. The molecule has 0 aromatic carbocycles. The van der Waals surface area contributed by atoms with E-state index in [2.05, 4.69) is 46.6 Å². The third kappa shape index (κ3) is 11.7. The highest BCUT2D eigenvalue weighted by Gasteiger charge is 2.39. The van der Waals surface area contributed by atoms with E-state index in [9.17, 15) is 4.57 Å². The average molecular weight is 355 g/mol. The van der Waals surface area contributed by atoms with Crippen molar-refractivity contribution in [1.29, 1.82) is 0 Å². The van der Waals surface area contributed by atoms with Crippen LogP contribution in [0.2, 0.25) is 32.7 Å².